The summed E-state index contributed by atoms with van der Waals surface area (Å²) in [6.45, 7) is 0. The van der Waals surface area contributed by atoms with Gasteiger partial charge in [-0.25, -0.2) is 0 Å². The molecule has 0 spiro atoms. The first-order valence-electron chi connectivity index (χ1n) is 5.80. The highest BCUT2D eigenvalue weighted by molar-refractivity contribution is 6.42. The van der Waals surface area contributed by atoms with Gasteiger partial charge in [-0.05, 0) is 43.4 Å². The van der Waals surface area contributed by atoms with E-state index in [0.717, 1.165) is 24.0 Å². The van der Waals surface area contributed by atoms with Crippen molar-refractivity contribution in [2.75, 3.05) is 0 Å². The van der Waals surface area contributed by atoms with Crippen LogP contribution in [0, 0.1) is 11.3 Å². The van der Waals surface area contributed by atoms with Gasteiger partial charge in [-0.1, -0.05) is 41.3 Å². The number of nitriles is 1. The number of hydrogen-bond donors (Lipinski definition) is 0. The van der Waals surface area contributed by atoms with Crippen LogP contribution in [-0.4, -0.2) is 0 Å². The predicted octanol–water partition coefficient (Wildman–Crippen LogP) is 5.23. The molecule has 0 atom stereocenters. The Morgan fingerprint density at radius 2 is 1.76 bits per heavy atom. The average Bonchev–Trinajstić information content (AvgIpc) is 2.36. The monoisotopic (exact) mass is 265 g/mol. The fourth-order valence-electron chi connectivity index (χ4n) is 2.23. The van der Waals surface area contributed by atoms with Crippen molar-refractivity contribution in [3.63, 3.8) is 0 Å². The Bertz CT molecular complexity index is 489. The van der Waals surface area contributed by atoms with Gasteiger partial charge in [0, 0.05) is 0 Å². The molecule has 1 aromatic rings. The topological polar surface area (TPSA) is 23.8 Å². The van der Waals surface area contributed by atoms with E-state index in [1.165, 1.54) is 24.8 Å². The van der Waals surface area contributed by atoms with E-state index in [9.17, 15) is 5.26 Å². The van der Waals surface area contributed by atoms with Crippen molar-refractivity contribution in [1.82, 2.24) is 0 Å². The fraction of sp³-hybridized carbons (Fsp3) is 0.357. The van der Waals surface area contributed by atoms with Crippen LogP contribution in [0.15, 0.2) is 23.8 Å². The second-order valence-corrected chi connectivity index (χ2v) is 5.09. The van der Waals surface area contributed by atoms with Crippen molar-refractivity contribution in [3.8, 4) is 6.07 Å². The summed E-state index contributed by atoms with van der Waals surface area (Å²) in [6, 6.07) is 7.71. The van der Waals surface area contributed by atoms with Gasteiger partial charge in [0.1, 0.15) is 0 Å². The molecular weight excluding hydrogens is 253 g/mol. The van der Waals surface area contributed by atoms with Crippen molar-refractivity contribution in [2.24, 2.45) is 0 Å². The molecule has 1 nitrogen and oxygen atoms in total. The van der Waals surface area contributed by atoms with E-state index < -0.39 is 0 Å². The molecule has 1 saturated carbocycles. The summed E-state index contributed by atoms with van der Waals surface area (Å²) in [6.07, 6.45) is 5.69. The van der Waals surface area contributed by atoms with Crippen LogP contribution in [-0.2, 0) is 0 Å². The lowest BCUT2D eigenvalue weighted by molar-refractivity contribution is 0.601. The van der Waals surface area contributed by atoms with Gasteiger partial charge in [-0.15, -0.1) is 0 Å². The highest BCUT2D eigenvalue weighted by Gasteiger charge is 2.13. The van der Waals surface area contributed by atoms with Crippen LogP contribution in [0.5, 0.6) is 0 Å². The van der Waals surface area contributed by atoms with Gasteiger partial charge in [0.05, 0.1) is 21.7 Å². The number of benzene rings is 1. The lowest BCUT2D eigenvalue weighted by atomic mass is 9.89. The summed E-state index contributed by atoms with van der Waals surface area (Å²) in [5, 5.41) is 10.3. The van der Waals surface area contributed by atoms with E-state index in [2.05, 4.69) is 6.07 Å². The summed E-state index contributed by atoms with van der Waals surface area (Å²) in [5.41, 5.74) is 2.93. The molecule has 1 aromatic carbocycles. The first-order chi connectivity index (χ1) is 8.22. The van der Waals surface area contributed by atoms with Crippen molar-refractivity contribution in [1.29, 1.82) is 5.26 Å². The van der Waals surface area contributed by atoms with Gasteiger partial charge < -0.3 is 0 Å². The maximum atomic E-state index is 9.31. The molecule has 17 heavy (non-hydrogen) atoms. The molecule has 0 aromatic heterocycles. The molecule has 88 valence electrons. The molecule has 3 heteroatoms. The maximum Gasteiger partial charge on any atom is 0.0997 e. The van der Waals surface area contributed by atoms with Crippen LogP contribution in [0.3, 0.4) is 0 Å². The zero-order valence-corrected chi connectivity index (χ0v) is 11.0. The third-order valence-corrected chi connectivity index (χ3v) is 3.87. The largest absolute Gasteiger partial charge is 0.192 e. The van der Waals surface area contributed by atoms with Gasteiger partial charge >= 0.3 is 0 Å². The van der Waals surface area contributed by atoms with Gasteiger partial charge in [-0.3, -0.25) is 0 Å². The summed E-state index contributed by atoms with van der Waals surface area (Å²) < 4.78 is 0. The summed E-state index contributed by atoms with van der Waals surface area (Å²) in [4.78, 5) is 0. The minimum Gasteiger partial charge on any atom is -0.192 e. The molecule has 0 unspecified atom stereocenters. The van der Waals surface area contributed by atoms with Gasteiger partial charge in [0.2, 0.25) is 0 Å². The van der Waals surface area contributed by atoms with Crippen LogP contribution in [0.4, 0.5) is 0 Å². The van der Waals surface area contributed by atoms with Crippen LogP contribution in [0.1, 0.15) is 37.7 Å². The molecule has 0 aliphatic heterocycles. The van der Waals surface area contributed by atoms with Crippen LogP contribution in [0.2, 0.25) is 10.0 Å². The molecule has 0 bridgehead atoms. The SMILES string of the molecule is N#CC(=C1CCCCC1)c1ccc(Cl)c(Cl)c1. The molecular formula is C14H13Cl2N. The Morgan fingerprint density at radius 3 is 2.35 bits per heavy atom. The third-order valence-electron chi connectivity index (χ3n) is 3.13. The molecule has 1 fully saturated rings. The smallest absolute Gasteiger partial charge is 0.0997 e. The fourth-order valence-corrected chi connectivity index (χ4v) is 2.53. The zero-order valence-electron chi connectivity index (χ0n) is 9.47. The molecule has 0 heterocycles. The highest BCUT2D eigenvalue weighted by Crippen LogP contribution is 2.32. The standard InChI is InChI=1S/C14H13Cl2N/c15-13-7-6-11(8-14(13)16)12(9-17)10-4-2-1-3-5-10/h6-8H,1-5H2. The Labute approximate surface area is 112 Å². The minimum absolute atomic E-state index is 0.508. The number of nitrogens with zero attached hydrogens (tertiary/aromatic N) is 1. The van der Waals surface area contributed by atoms with Crippen LogP contribution >= 0.6 is 23.2 Å². The van der Waals surface area contributed by atoms with Crippen molar-refractivity contribution in [3.05, 3.63) is 39.4 Å². The lowest BCUT2D eigenvalue weighted by Gasteiger charge is -2.16. The number of hydrogen-bond acceptors (Lipinski definition) is 1. The number of rotatable bonds is 1. The molecule has 0 amide bonds. The number of allylic oxidation sites excluding steroid dienone is 2. The summed E-state index contributed by atoms with van der Waals surface area (Å²) in [5.74, 6) is 0. The highest BCUT2D eigenvalue weighted by atomic mass is 35.5. The van der Waals surface area contributed by atoms with Crippen molar-refractivity contribution in [2.45, 2.75) is 32.1 Å². The van der Waals surface area contributed by atoms with E-state index in [-0.39, 0.29) is 0 Å². The summed E-state index contributed by atoms with van der Waals surface area (Å²) >= 11 is 11.9. The van der Waals surface area contributed by atoms with Gasteiger partial charge in [0.25, 0.3) is 0 Å². The van der Waals surface area contributed by atoms with Gasteiger partial charge in [-0.2, -0.15) is 5.26 Å². The van der Waals surface area contributed by atoms with E-state index in [1.54, 1.807) is 12.1 Å². The average molecular weight is 266 g/mol. The lowest BCUT2D eigenvalue weighted by Crippen LogP contribution is -1.97. The molecule has 0 radical (unpaired) electrons. The normalized spacial score (nSPS) is 15.5. The molecule has 1 aliphatic rings. The molecule has 2 rings (SSSR count). The first-order valence-corrected chi connectivity index (χ1v) is 6.55. The maximum absolute atomic E-state index is 9.31. The quantitative estimate of drug-likeness (QED) is 0.638. The molecule has 1 aliphatic carbocycles. The van der Waals surface area contributed by atoms with Gasteiger partial charge in [0.15, 0.2) is 0 Å². The Morgan fingerprint density at radius 1 is 1.06 bits per heavy atom. The first kappa shape index (κ1) is 12.5. The summed E-state index contributed by atoms with van der Waals surface area (Å²) in [7, 11) is 0. The van der Waals surface area contributed by atoms with Crippen LogP contribution in [0.25, 0.3) is 5.57 Å². The van der Waals surface area contributed by atoms with Crippen molar-refractivity contribution < 1.29 is 0 Å². The minimum atomic E-state index is 0.508. The van der Waals surface area contributed by atoms with Crippen LogP contribution < -0.4 is 0 Å². The predicted molar refractivity (Wildman–Crippen MR) is 72.1 cm³/mol. The third kappa shape index (κ3) is 2.83. The second-order valence-electron chi connectivity index (χ2n) is 4.28. The Hall–Kier alpha value is -0.970. The Kier molecular flexibility index (Phi) is 4.10. The van der Waals surface area contributed by atoms with E-state index in [0.29, 0.717) is 10.0 Å². The van der Waals surface area contributed by atoms with E-state index >= 15 is 0 Å². The number of halogens is 2. The Balaban J connectivity index is 2.41. The van der Waals surface area contributed by atoms with E-state index in [4.69, 9.17) is 23.2 Å². The second kappa shape index (κ2) is 5.58. The van der Waals surface area contributed by atoms with E-state index in [1.807, 2.05) is 6.07 Å². The molecule has 0 N–H and O–H groups in total. The molecule has 0 saturated heterocycles. The zero-order chi connectivity index (χ0) is 12.3. The van der Waals surface area contributed by atoms with Crippen molar-refractivity contribution >= 4 is 28.8 Å².